The summed E-state index contributed by atoms with van der Waals surface area (Å²) in [5.74, 6) is 0. The summed E-state index contributed by atoms with van der Waals surface area (Å²) in [5.41, 5.74) is 2.34. The first-order chi connectivity index (χ1) is 8.49. The van der Waals surface area contributed by atoms with Gasteiger partial charge in [-0.3, -0.25) is 0 Å². The molecule has 0 saturated heterocycles. The van der Waals surface area contributed by atoms with Crippen LogP contribution in [-0.4, -0.2) is 15.0 Å². The van der Waals surface area contributed by atoms with Gasteiger partial charge >= 0.3 is 0 Å². The van der Waals surface area contributed by atoms with Gasteiger partial charge in [0.25, 0.3) is 0 Å². The fourth-order valence-electron chi connectivity index (χ4n) is 1.73. The Kier molecular flexibility index (Phi) is 3.15. The molecule has 0 saturated carbocycles. The van der Waals surface area contributed by atoms with Crippen molar-refractivity contribution in [2.75, 3.05) is 0 Å². The molecule has 2 rings (SSSR count). The molecule has 0 spiro atoms. The predicted molar refractivity (Wildman–Crippen MR) is 69.6 cm³/mol. The van der Waals surface area contributed by atoms with Crippen molar-refractivity contribution < 1.29 is 0 Å². The average molecular weight is 240 g/mol. The van der Waals surface area contributed by atoms with E-state index in [1.807, 2.05) is 18.2 Å². The normalized spacial score (nSPS) is 11.2. The lowest BCUT2D eigenvalue weighted by atomic mass is 9.97. The van der Waals surface area contributed by atoms with Crippen LogP contribution >= 0.6 is 0 Å². The van der Waals surface area contributed by atoms with Gasteiger partial charge in [-0.2, -0.15) is 20.3 Å². The highest BCUT2D eigenvalue weighted by molar-refractivity contribution is 5.66. The molecule has 1 aromatic heterocycles. The van der Waals surface area contributed by atoms with E-state index in [1.54, 1.807) is 17.1 Å². The minimum absolute atomic E-state index is 0.130. The minimum Gasteiger partial charge on any atom is -0.192 e. The summed E-state index contributed by atoms with van der Waals surface area (Å²) < 4.78 is 0. The molecule has 1 heterocycles. The molecular weight excluding hydrogens is 224 g/mol. The van der Waals surface area contributed by atoms with E-state index in [9.17, 15) is 0 Å². The number of aromatic nitrogens is 3. The standard InChI is InChI=1S/C14H16N4/c1-14(2,3)10-18-16-9-13(17-18)12-7-5-4-6-11(12)8-15/h4-7,9H,10H2,1-3H3. The van der Waals surface area contributed by atoms with Crippen LogP contribution in [0.5, 0.6) is 0 Å². The quantitative estimate of drug-likeness (QED) is 0.811. The van der Waals surface area contributed by atoms with E-state index < -0.39 is 0 Å². The van der Waals surface area contributed by atoms with Crippen molar-refractivity contribution in [1.82, 2.24) is 15.0 Å². The monoisotopic (exact) mass is 240 g/mol. The Morgan fingerprint density at radius 1 is 1.28 bits per heavy atom. The molecule has 0 atom stereocenters. The molecule has 4 nitrogen and oxygen atoms in total. The van der Waals surface area contributed by atoms with Crippen LogP contribution in [0, 0.1) is 16.7 Å². The molecule has 92 valence electrons. The molecule has 0 N–H and O–H groups in total. The number of nitriles is 1. The second-order valence-corrected chi connectivity index (χ2v) is 5.48. The van der Waals surface area contributed by atoms with Gasteiger partial charge in [0, 0.05) is 5.56 Å². The molecule has 18 heavy (non-hydrogen) atoms. The Morgan fingerprint density at radius 2 is 2.00 bits per heavy atom. The maximum Gasteiger partial charge on any atom is 0.114 e. The summed E-state index contributed by atoms with van der Waals surface area (Å²) in [4.78, 5) is 1.68. The third-order valence-electron chi connectivity index (χ3n) is 2.48. The number of hydrogen-bond acceptors (Lipinski definition) is 3. The maximum absolute atomic E-state index is 9.07. The van der Waals surface area contributed by atoms with Crippen molar-refractivity contribution in [1.29, 1.82) is 5.26 Å². The van der Waals surface area contributed by atoms with E-state index in [1.165, 1.54) is 0 Å². The number of rotatable bonds is 2. The van der Waals surface area contributed by atoms with E-state index >= 15 is 0 Å². The molecule has 1 aromatic carbocycles. The van der Waals surface area contributed by atoms with E-state index in [4.69, 9.17) is 5.26 Å². The van der Waals surface area contributed by atoms with Crippen molar-refractivity contribution in [2.24, 2.45) is 5.41 Å². The first-order valence-electron chi connectivity index (χ1n) is 5.89. The smallest absolute Gasteiger partial charge is 0.114 e. The van der Waals surface area contributed by atoms with E-state index in [0.29, 0.717) is 5.56 Å². The Balaban J connectivity index is 2.33. The second kappa shape index (κ2) is 4.61. The zero-order valence-electron chi connectivity index (χ0n) is 10.9. The van der Waals surface area contributed by atoms with Gasteiger partial charge in [-0.1, -0.05) is 39.0 Å². The molecule has 0 unspecified atom stereocenters. The summed E-state index contributed by atoms with van der Waals surface area (Å²) >= 11 is 0. The van der Waals surface area contributed by atoms with Gasteiger partial charge in [0.1, 0.15) is 5.69 Å². The zero-order chi connectivity index (χ0) is 13.2. The summed E-state index contributed by atoms with van der Waals surface area (Å²) in [6, 6.07) is 9.61. The number of benzene rings is 1. The third kappa shape index (κ3) is 2.75. The van der Waals surface area contributed by atoms with Gasteiger partial charge in [0.15, 0.2) is 0 Å². The Hall–Kier alpha value is -2.15. The highest BCUT2D eigenvalue weighted by atomic mass is 15.5. The van der Waals surface area contributed by atoms with Crippen molar-refractivity contribution in [3.05, 3.63) is 36.0 Å². The highest BCUT2D eigenvalue weighted by Crippen LogP contribution is 2.21. The Morgan fingerprint density at radius 3 is 2.67 bits per heavy atom. The van der Waals surface area contributed by atoms with Gasteiger partial charge in [0.05, 0.1) is 24.4 Å². The molecule has 0 aliphatic rings. The molecule has 0 radical (unpaired) electrons. The van der Waals surface area contributed by atoms with Crippen LogP contribution < -0.4 is 0 Å². The maximum atomic E-state index is 9.07. The average Bonchev–Trinajstić information content (AvgIpc) is 2.75. The van der Waals surface area contributed by atoms with Gasteiger partial charge in [-0.15, -0.1) is 0 Å². The van der Waals surface area contributed by atoms with Gasteiger partial charge in [0.2, 0.25) is 0 Å². The van der Waals surface area contributed by atoms with Crippen molar-refractivity contribution >= 4 is 0 Å². The van der Waals surface area contributed by atoms with Crippen molar-refractivity contribution in [3.63, 3.8) is 0 Å². The second-order valence-electron chi connectivity index (χ2n) is 5.48. The summed E-state index contributed by atoms with van der Waals surface area (Å²) in [7, 11) is 0. The molecule has 0 fully saturated rings. The topological polar surface area (TPSA) is 54.5 Å². The molecule has 0 aliphatic carbocycles. The van der Waals surface area contributed by atoms with E-state index in [2.05, 4.69) is 37.0 Å². The molecule has 0 bridgehead atoms. The Bertz CT molecular complexity index is 584. The van der Waals surface area contributed by atoms with Crippen LogP contribution in [-0.2, 0) is 6.54 Å². The predicted octanol–water partition coefficient (Wildman–Crippen LogP) is 2.86. The first-order valence-corrected chi connectivity index (χ1v) is 5.89. The first kappa shape index (κ1) is 12.3. The van der Waals surface area contributed by atoms with Crippen LogP contribution in [0.3, 0.4) is 0 Å². The zero-order valence-corrected chi connectivity index (χ0v) is 10.9. The SMILES string of the molecule is CC(C)(C)Cn1ncc(-c2ccccc2C#N)n1. The lowest BCUT2D eigenvalue weighted by Crippen LogP contribution is -2.17. The molecule has 2 aromatic rings. The lowest BCUT2D eigenvalue weighted by Gasteiger charge is -2.16. The van der Waals surface area contributed by atoms with Gasteiger partial charge in [-0.05, 0) is 11.5 Å². The number of hydrogen-bond donors (Lipinski definition) is 0. The minimum atomic E-state index is 0.130. The van der Waals surface area contributed by atoms with Crippen molar-refractivity contribution in [3.8, 4) is 17.3 Å². The number of nitrogens with zero attached hydrogens (tertiary/aromatic N) is 4. The van der Waals surface area contributed by atoms with Crippen LogP contribution in [0.1, 0.15) is 26.3 Å². The van der Waals surface area contributed by atoms with Crippen LogP contribution in [0.25, 0.3) is 11.3 Å². The van der Waals surface area contributed by atoms with Crippen LogP contribution in [0.15, 0.2) is 30.5 Å². The molecule has 0 amide bonds. The molecule has 0 aliphatic heterocycles. The van der Waals surface area contributed by atoms with Gasteiger partial charge in [-0.25, -0.2) is 0 Å². The largest absolute Gasteiger partial charge is 0.192 e. The van der Waals surface area contributed by atoms with Crippen molar-refractivity contribution in [2.45, 2.75) is 27.3 Å². The summed E-state index contributed by atoms with van der Waals surface area (Å²) in [6.45, 7) is 7.17. The fourth-order valence-corrected chi connectivity index (χ4v) is 1.73. The molecule has 4 heteroatoms. The van der Waals surface area contributed by atoms with Crippen LogP contribution in [0.4, 0.5) is 0 Å². The van der Waals surface area contributed by atoms with E-state index in [-0.39, 0.29) is 5.41 Å². The lowest BCUT2D eigenvalue weighted by molar-refractivity contribution is 0.303. The van der Waals surface area contributed by atoms with E-state index in [0.717, 1.165) is 17.8 Å². The van der Waals surface area contributed by atoms with Gasteiger partial charge < -0.3 is 0 Å². The highest BCUT2D eigenvalue weighted by Gasteiger charge is 2.14. The third-order valence-corrected chi connectivity index (χ3v) is 2.48. The summed E-state index contributed by atoms with van der Waals surface area (Å²) in [5, 5.41) is 17.7. The Labute approximate surface area is 107 Å². The molecular formula is C14H16N4. The summed E-state index contributed by atoms with van der Waals surface area (Å²) in [6.07, 6.45) is 1.71. The van der Waals surface area contributed by atoms with Crippen LogP contribution in [0.2, 0.25) is 0 Å². The fraction of sp³-hybridized carbons (Fsp3) is 0.357.